The van der Waals surface area contributed by atoms with Crippen molar-refractivity contribution in [3.05, 3.63) is 51.5 Å². The summed E-state index contributed by atoms with van der Waals surface area (Å²) in [7, 11) is 0. The number of nitrogens with one attached hydrogen (secondary N) is 1. The SMILES string of the molecule is O=C(Nc1ccc(-c2nnc3n2CCCCC3)cc1)c1csc2c1CCCC2. The van der Waals surface area contributed by atoms with Gasteiger partial charge in [0.1, 0.15) is 5.82 Å². The molecule has 1 aliphatic carbocycles. The second-order valence-corrected chi connectivity index (χ2v) is 8.66. The number of amides is 1. The molecule has 0 atom stereocenters. The van der Waals surface area contributed by atoms with E-state index < -0.39 is 0 Å². The van der Waals surface area contributed by atoms with Crippen molar-refractivity contribution in [3.63, 3.8) is 0 Å². The van der Waals surface area contributed by atoms with E-state index >= 15 is 0 Å². The number of aromatic nitrogens is 3. The molecule has 1 N–H and O–H groups in total. The second kappa shape index (κ2) is 7.51. The Bertz CT molecular complexity index is 1000. The molecule has 6 heteroatoms. The highest BCUT2D eigenvalue weighted by Gasteiger charge is 2.20. The lowest BCUT2D eigenvalue weighted by Crippen LogP contribution is -2.14. The number of aryl methyl sites for hydroxylation is 2. The Hall–Kier alpha value is -2.47. The van der Waals surface area contributed by atoms with Crippen LogP contribution in [0.3, 0.4) is 0 Å². The van der Waals surface area contributed by atoms with Crippen molar-refractivity contribution in [2.45, 2.75) is 57.9 Å². The first-order valence-corrected chi connectivity index (χ1v) is 11.1. The number of thiophene rings is 1. The molecule has 0 unspecified atom stereocenters. The summed E-state index contributed by atoms with van der Waals surface area (Å²) >= 11 is 1.73. The number of benzene rings is 1. The Morgan fingerprint density at radius 2 is 1.79 bits per heavy atom. The van der Waals surface area contributed by atoms with E-state index in [1.807, 2.05) is 29.6 Å². The monoisotopic (exact) mass is 392 g/mol. The molecule has 2 aliphatic rings. The quantitative estimate of drug-likeness (QED) is 0.692. The number of carbonyl (C=O) groups excluding carboxylic acids is 1. The molecule has 2 aromatic heterocycles. The summed E-state index contributed by atoms with van der Waals surface area (Å²) in [6, 6.07) is 7.98. The summed E-state index contributed by atoms with van der Waals surface area (Å²) in [5.41, 5.74) is 3.98. The highest BCUT2D eigenvalue weighted by molar-refractivity contribution is 7.10. The fourth-order valence-electron chi connectivity index (χ4n) is 4.28. The van der Waals surface area contributed by atoms with E-state index in [4.69, 9.17) is 0 Å². The van der Waals surface area contributed by atoms with Gasteiger partial charge in [-0.2, -0.15) is 0 Å². The van der Waals surface area contributed by atoms with Gasteiger partial charge in [0.25, 0.3) is 5.91 Å². The van der Waals surface area contributed by atoms with Crippen LogP contribution in [0.4, 0.5) is 5.69 Å². The van der Waals surface area contributed by atoms with Crippen LogP contribution in [0, 0.1) is 0 Å². The number of hydrogen-bond donors (Lipinski definition) is 1. The van der Waals surface area contributed by atoms with Crippen LogP contribution in [0.25, 0.3) is 11.4 Å². The molecule has 144 valence electrons. The number of rotatable bonds is 3. The molecule has 0 saturated carbocycles. The Balaban J connectivity index is 1.34. The van der Waals surface area contributed by atoms with Gasteiger partial charge in [-0.15, -0.1) is 21.5 Å². The first-order chi connectivity index (χ1) is 13.8. The van der Waals surface area contributed by atoms with E-state index in [1.54, 1.807) is 11.3 Å². The molecule has 0 radical (unpaired) electrons. The standard InChI is InChI=1S/C22H24N4OS/c27-22(18-14-28-19-7-4-3-6-17(18)19)23-16-11-9-15(10-12-16)21-25-24-20-8-2-1-5-13-26(20)21/h9-12,14H,1-8,13H2,(H,23,27). The second-order valence-electron chi connectivity index (χ2n) is 7.69. The predicted octanol–water partition coefficient (Wildman–Crippen LogP) is 4.86. The zero-order valence-corrected chi connectivity index (χ0v) is 16.7. The molecular formula is C22H24N4OS. The van der Waals surface area contributed by atoms with Crippen molar-refractivity contribution < 1.29 is 4.79 Å². The van der Waals surface area contributed by atoms with Crippen LogP contribution in [0.5, 0.6) is 0 Å². The normalized spacial score (nSPS) is 16.1. The van der Waals surface area contributed by atoms with E-state index in [1.165, 1.54) is 42.5 Å². The molecule has 1 aliphatic heterocycles. The molecule has 0 saturated heterocycles. The highest BCUT2D eigenvalue weighted by Crippen LogP contribution is 2.31. The van der Waals surface area contributed by atoms with Crippen molar-refractivity contribution in [1.29, 1.82) is 0 Å². The average molecular weight is 393 g/mol. The summed E-state index contributed by atoms with van der Waals surface area (Å²) in [4.78, 5) is 14.1. The van der Waals surface area contributed by atoms with Crippen molar-refractivity contribution in [2.24, 2.45) is 0 Å². The lowest BCUT2D eigenvalue weighted by atomic mass is 9.95. The number of anilines is 1. The van der Waals surface area contributed by atoms with Gasteiger partial charge in [0.05, 0.1) is 5.56 Å². The van der Waals surface area contributed by atoms with Crippen molar-refractivity contribution in [2.75, 3.05) is 5.32 Å². The molecule has 5 rings (SSSR count). The van der Waals surface area contributed by atoms with Gasteiger partial charge in [-0.3, -0.25) is 4.79 Å². The Kier molecular flexibility index (Phi) is 4.72. The van der Waals surface area contributed by atoms with E-state index in [9.17, 15) is 4.79 Å². The molecule has 1 aromatic carbocycles. The Morgan fingerprint density at radius 1 is 0.964 bits per heavy atom. The molecule has 3 heterocycles. The fourth-order valence-corrected chi connectivity index (χ4v) is 5.41. The zero-order chi connectivity index (χ0) is 18.9. The van der Waals surface area contributed by atoms with Gasteiger partial charge in [0.2, 0.25) is 0 Å². The maximum atomic E-state index is 12.8. The van der Waals surface area contributed by atoms with Gasteiger partial charge >= 0.3 is 0 Å². The van der Waals surface area contributed by atoms with Crippen molar-refractivity contribution >= 4 is 22.9 Å². The summed E-state index contributed by atoms with van der Waals surface area (Å²) in [5.74, 6) is 2.03. The number of nitrogens with zero attached hydrogens (tertiary/aromatic N) is 3. The minimum Gasteiger partial charge on any atom is -0.322 e. The molecule has 0 bridgehead atoms. The first-order valence-electron chi connectivity index (χ1n) is 10.2. The van der Waals surface area contributed by atoms with Crippen molar-refractivity contribution in [3.8, 4) is 11.4 Å². The van der Waals surface area contributed by atoms with Gasteiger partial charge in [0, 0.05) is 34.5 Å². The first kappa shape index (κ1) is 17.6. The lowest BCUT2D eigenvalue weighted by Gasteiger charge is -2.13. The zero-order valence-electron chi connectivity index (χ0n) is 15.9. The Labute approximate surface area is 168 Å². The maximum absolute atomic E-state index is 12.8. The third kappa shape index (κ3) is 3.26. The molecule has 3 aromatic rings. The van der Waals surface area contributed by atoms with Crippen molar-refractivity contribution in [1.82, 2.24) is 14.8 Å². The predicted molar refractivity (Wildman–Crippen MR) is 112 cm³/mol. The molecule has 0 fully saturated rings. The summed E-state index contributed by atoms with van der Waals surface area (Å²) in [6.07, 6.45) is 9.19. The molecule has 28 heavy (non-hydrogen) atoms. The Morgan fingerprint density at radius 3 is 2.68 bits per heavy atom. The van der Waals surface area contributed by atoms with Crippen LogP contribution < -0.4 is 5.32 Å². The topological polar surface area (TPSA) is 59.8 Å². The van der Waals surface area contributed by atoms with E-state index in [0.29, 0.717) is 0 Å². The van der Waals surface area contributed by atoms with Crippen LogP contribution in [-0.2, 0) is 25.8 Å². The van der Waals surface area contributed by atoms with Crippen LogP contribution in [0.15, 0.2) is 29.6 Å². The van der Waals surface area contributed by atoms with Gasteiger partial charge in [-0.05, 0) is 68.4 Å². The van der Waals surface area contributed by atoms with E-state index in [0.717, 1.165) is 54.3 Å². The molecule has 0 spiro atoms. The van der Waals surface area contributed by atoms with E-state index in [2.05, 4.69) is 20.1 Å². The van der Waals surface area contributed by atoms with Crippen LogP contribution >= 0.6 is 11.3 Å². The maximum Gasteiger partial charge on any atom is 0.256 e. The number of fused-ring (bicyclic) bond motifs is 2. The molecular weight excluding hydrogens is 368 g/mol. The van der Waals surface area contributed by atoms with Crippen LogP contribution in [0.1, 0.15) is 58.7 Å². The number of hydrogen-bond acceptors (Lipinski definition) is 4. The number of carbonyl (C=O) groups is 1. The molecule has 1 amide bonds. The smallest absolute Gasteiger partial charge is 0.256 e. The van der Waals surface area contributed by atoms with E-state index in [-0.39, 0.29) is 5.91 Å². The minimum absolute atomic E-state index is 0.00324. The van der Waals surface area contributed by atoms with Crippen LogP contribution in [0.2, 0.25) is 0 Å². The van der Waals surface area contributed by atoms with Gasteiger partial charge < -0.3 is 9.88 Å². The van der Waals surface area contributed by atoms with Gasteiger partial charge in [-0.1, -0.05) is 6.42 Å². The summed E-state index contributed by atoms with van der Waals surface area (Å²) in [6.45, 7) is 0.986. The molecule has 5 nitrogen and oxygen atoms in total. The minimum atomic E-state index is 0.00324. The van der Waals surface area contributed by atoms with Gasteiger partial charge in [-0.25, -0.2) is 0 Å². The average Bonchev–Trinajstić information content (AvgIpc) is 3.26. The van der Waals surface area contributed by atoms with Gasteiger partial charge in [0.15, 0.2) is 5.82 Å². The third-order valence-electron chi connectivity index (χ3n) is 5.82. The summed E-state index contributed by atoms with van der Waals surface area (Å²) in [5, 5.41) is 13.9. The largest absolute Gasteiger partial charge is 0.322 e. The third-order valence-corrected chi connectivity index (χ3v) is 6.91. The van der Waals surface area contributed by atoms with Crippen LogP contribution in [-0.4, -0.2) is 20.7 Å². The summed E-state index contributed by atoms with van der Waals surface area (Å²) < 4.78 is 2.25. The highest BCUT2D eigenvalue weighted by atomic mass is 32.1. The fraction of sp³-hybridized carbons (Fsp3) is 0.409. The lowest BCUT2D eigenvalue weighted by molar-refractivity contribution is 0.102.